The van der Waals surface area contributed by atoms with Crippen LogP contribution in [0.1, 0.15) is 17.0 Å². The molecule has 1 aliphatic rings. The number of carbonyl (C=O) groups is 1. The molecule has 0 aliphatic heterocycles. The van der Waals surface area contributed by atoms with Gasteiger partial charge in [-0.1, -0.05) is 45.8 Å². The summed E-state index contributed by atoms with van der Waals surface area (Å²) in [6.45, 7) is 1.85. The van der Waals surface area contributed by atoms with Gasteiger partial charge in [0.25, 0.3) is 0 Å². The minimum absolute atomic E-state index is 0.0915. The molecule has 0 radical (unpaired) electrons. The molecule has 24 heavy (non-hydrogen) atoms. The van der Waals surface area contributed by atoms with Gasteiger partial charge < -0.3 is 10.8 Å². The van der Waals surface area contributed by atoms with Gasteiger partial charge in [-0.15, -0.1) is 0 Å². The van der Waals surface area contributed by atoms with Gasteiger partial charge in [-0.3, -0.25) is 4.79 Å². The van der Waals surface area contributed by atoms with E-state index in [2.05, 4.69) is 15.9 Å². The molecule has 3 N–H and O–H groups in total. The summed E-state index contributed by atoms with van der Waals surface area (Å²) in [5.74, 6) is -2.09. The van der Waals surface area contributed by atoms with E-state index in [0.717, 1.165) is 10.0 Å². The fourth-order valence-corrected chi connectivity index (χ4v) is 5.56. The molecule has 7 heteroatoms. The molecule has 0 unspecified atom stereocenters. The zero-order valence-corrected chi connectivity index (χ0v) is 15.2. The lowest BCUT2D eigenvalue weighted by atomic mass is 10.1. The minimum atomic E-state index is -3.86. The molecule has 1 saturated carbocycles. The topological polar surface area (TPSA) is 97.5 Å². The lowest BCUT2D eigenvalue weighted by Gasteiger charge is -2.07. The standard InChI is InChI=1S/C17H16BrNO4S/c1-10-2-8-13(9-3-10)24(22,23)15-14(17(15,19)16(20)21)11-4-6-12(18)7-5-11/h2-9,14-15H,19H2,1H3,(H,20,21)/t14-,15-,17-/m0/s1. The van der Waals surface area contributed by atoms with Gasteiger partial charge in [0.2, 0.25) is 0 Å². The van der Waals surface area contributed by atoms with Crippen LogP contribution in [0.3, 0.4) is 0 Å². The number of carboxylic acids is 1. The fraction of sp³-hybridized carbons (Fsp3) is 0.235. The molecular weight excluding hydrogens is 394 g/mol. The Hall–Kier alpha value is -1.70. The number of hydrogen-bond acceptors (Lipinski definition) is 4. The van der Waals surface area contributed by atoms with E-state index < -0.39 is 32.5 Å². The number of benzene rings is 2. The van der Waals surface area contributed by atoms with Crippen molar-refractivity contribution in [2.24, 2.45) is 5.73 Å². The highest BCUT2D eigenvalue weighted by Crippen LogP contribution is 2.55. The molecule has 0 aromatic heterocycles. The fourth-order valence-electron chi connectivity index (χ4n) is 3.06. The predicted octanol–water partition coefficient (Wildman–Crippen LogP) is 2.48. The second-order valence-electron chi connectivity index (χ2n) is 6.05. The molecule has 3 rings (SSSR count). The molecule has 126 valence electrons. The van der Waals surface area contributed by atoms with Crippen LogP contribution in [0.2, 0.25) is 0 Å². The summed E-state index contributed by atoms with van der Waals surface area (Å²) < 4.78 is 26.7. The van der Waals surface area contributed by atoms with E-state index in [9.17, 15) is 18.3 Å². The maximum Gasteiger partial charge on any atom is 0.325 e. The van der Waals surface area contributed by atoms with Gasteiger partial charge in [-0.25, -0.2) is 8.42 Å². The van der Waals surface area contributed by atoms with Gasteiger partial charge in [0, 0.05) is 10.4 Å². The van der Waals surface area contributed by atoms with Crippen LogP contribution in [0.5, 0.6) is 0 Å². The van der Waals surface area contributed by atoms with E-state index >= 15 is 0 Å². The van der Waals surface area contributed by atoms with Crippen LogP contribution < -0.4 is 5.73 Å². The molecule has 0 saturated heterocycles. The molecule has 0 heterocycles. The van der Waals surface area contributed by atoms with Crippen LogP contribution in [-0.2, 0) is 14.6 Å². The molecule has 3 atom stereocenters. The SMILES string of the molecule is Cc1ccc(S(=O)(=O)[C@H]2[C@H](c3ccc(Br)cc3)[C@@]2(N)C(=O)O)cc1. The first-order chi connectivity index (χ1) is 11.2. The number of aliphatic carboxylic acids is 1. The smallest absolute Gasteiger partial charge is 0.325 e. The zero-order valence-electron chi connectivity index (χ0n) is 12.8. The van der Waals surface area contributed by atoms with Crippen molar-refractivity contribution in [2.45, 2.75) is 28.5 Å². The van der Waals surface area contributed by atoms with E-state index in [0.29, 0.717) is 5.56 Å². The Morgan fingerprint density at radius 1 is 1.12 bits per heavy atom. The van der Waals surface area contributed by atoms with Gasteiger partial charge >= 0.3 is 5.97 Å². The number of halogens is 1. The normalized spacial score (nSPS) is 26.1. The van der Waals surface area contributed by atoms with Gasteiger partial charge in [0.1, 0.15) is 10.8 Å². The van der Waals surface area contributed by atoms with E-state index in [1.165, 1.54) is 12.1 Å². The van der Waals surface area contributed by atoms with E-state index in [-0.39, 0.29) is 4.90 Å². The number of carboxylic acid groups (broad SMARTS) is 1. The predicted molar refractivity (Wildman–Crippen MR) is 93.6 cm³/mol. The second kappa shape index (κ2) is 5.68. The van der Waals surface area contributed by atoms with Crippen LogP contribution in [0, 0.1) is 6.92 Å². The maximum atomic E-state index is 12.9. The summed E-state index contributed by atoms with van der Waals surface area (Å²) in [7, 11) is -3.86. The number of nitrogens with two attached hydrogens (primary N) is 1. The molecule has 1 aliphatic carbocycles. The summed E-state index contributed by atoms with van der Waals surface area (Å²) >= 11 is 3.30. The number of aryl methyl sites for hydroxylation is 1. The molecule has 0 bridgehead atoms. The first-order valence-electron chi connectivity index (χ1n) is 7.27. The Bertz CT molecular complexity index is 893. The van der Waals surface area contributed by atoms with Gasteiger partial charge in [-0.05, 0) is 36.8 Å². The van der Waals surface area contributed by atoms with Crippen LogP contribution >= 0.6 is 15.9 Å². The molecule has 0 amide bonds. The first kappa shape index (κ1) is 17.1. The van der Waals surface area contributed by atoms with Crippen molar-refractivity contribution in [2.75, 3.05) is 0 Å². The van der Waals surface area contributed by atoms with Gasteiger partial charge in [0.05, 0.1) is 4.90 Å². The minimum Gasteiger partial charge on any atom is -0.480 e. The Kier molecular flexibility index (Phi) is 4.06. The lowest BCUT2D eigenvalue weighted by molar-refractivity contribution is -0.139. The third kappa shape index (κ3) is 2.56. The van der Waals surface area contributed by atoms with Crippen LogP contribution in [0.25, 0.3) is 0 Å². The Labute approximate surface area is 148 Å². The maximum absolute atomic E-state index is 12.9. The van der Waals surface area contributed by atoms with Crippen LogP contribution in [0.4, 0.5) is 0 Å². The van der Waals surface area contributed by atoms with E-state index in [1.54, 1.807) is 36.4 Å². The monoisotopic (exact) mass is 409 g/mol. The van der Waals surface area contributed by atoms with Crippen LogP contribution in [-0.4, -0.2) is 30.3 Å². The number of sulfone groups is 1. The Morgan fingerprint density at radius 3 is 2.17 bits per heavy atom. The zero-order chi connectivity index (χ0) is 17.7. The van der Waals surface area contributed by atoms with Crippen molar-refractivity contribution < 1.29 is 18.3 Å². The molecular formula is C17H16BrNO4S. The summed E-state index contributed by atoms with van der Waals surface area (Å²) in [5.41, 5.74) is 5.71. The highest BCUT2D eigenvalue weighted by Gasteiger charge is 2.74. The lowest BCUT2D eigenvalue weighted by Crippen LogP contribution is -2.39. The van der Waals surface area contributed by atoms with E-state index in [4.69, 9.17) is 5.73 Å². The summed E-state index contributed by atoms with van der Waals surface area (Å²) in [6, 6.07) is 13.2. The number of hydrogen-bond donors (Lipinski definition) is 2. The Morgan fingerprint density at radius 2 is 1.67 bits per heavy atom. The summed E-state index contributed by atoms with van der Waals surface area (Å²) in [4.78, 5) is 11.8. The molecule has 5 nitrogen and oxygen atoms in total. The third-order valence-corrected chi connectivity index (χ3v) is 7.25. The average molecular weight is 410 g/mol. The van der Waals surface area contributed by atoms with Crippen molar-refractivity contribution in [1.29, 1.82) is 0 Å². The van der Waals surface area contributed by atoms with Gasteiger partial charge in [-0.2, -0.15) is 0 Å². The van der Waals surface area contributed by atoms with Crippen molar-refractivity contribution in [3.05, 3.63) is 64.1 Å². The average Bonchev–Trinajstić information content (AvgIpc) is 3.17. The van der Waals surface area contributed by atoms with Crippen molar-refractivity contribution in [3.63, 3.8) is 0 Å². The highest BCUT2D eigenvalue weighted by molar-refractivity contribution is 9.10. The third-order valence-electron chi connectivity index (χ3n) is 4.46. The van der Waals surface area contributed by atoms with E-state index in [1.807, 2.05) is 6.92 Å². The summed E-state index contributed by atoms with van der Waals surface area (Å²) in [5, 5.41) is 8.34. The molecule has 2 aromatic rings. The first-order valence-corrected chi connectivity index (χ1v) is 9.61. The number of rotatable bonds is 4. The van der Waals surface area contributed by atoms with Crippen molar-refractivity contribution in [1.82, 2.24) is 0 Å². The highest BCUT2D eigenvalue weighted by atomic mass is 79.9. The molecule has 2 aromatic carbocycles. The van der Waals surface area contributed by atoms with Crippen LogP contribution in [0.15, 0.2) is 57.9 Å². The quantitative estimate of drug-likeness (QED) is 0.807. The summed E-state index contributed by atoms with van der Waals surface area (Å²) in [6.07, 6.45) is 0. The largest absolute Gasteiger partial charge is 0.480 e. The molecule has 0 spiro atoms. The second-order valence-corrected chi connectivity index (χ2v) is 9.03. The molecule has 1 fully saturated rings. The van der Waals surface area contributed by atoms with Crippen molar-refractivity contribution >= 4 is 31.7 Å². The Balaban J connectivity index is 2.06. The van der Waals surface area contributed by atoms with Crippen molar-refractivity contribution in [3.8, 4) is 0 Å². The van der Waals surface area contributed by atoms with Gasteiger partial charge in [0.15, 0.2) is 9.84 Å².